The van der Waals surface area contributed by atoms with Crippen LogP contribution in [0.2, 0.25) is 5.02 Å². The zero-order chi connectivity index (χ0) is 16.2. The predicted molar refractivity (Wildman–Crippen MR) is 92.2 cm³/mol. The first-order chi connectivity index (χ1) is 11.2. The van der Waals surface area contributed by atoms with E-state index >= 15 is 0 Å². The highest BCUT2D eigenvalue weighted by atomic mass is 35.5. The number of fused-ring (bicyclic) bond motifs is 1. The van der Waals surface area contributed by atoms with Crippen molar-refractivity contribution in [3.05, 3.63) is 69.6 Å². The highest BCUT2D eigenvalue weighted by Gasteiger charge is 2.10. The van der Waals surface area contributed by atoms with Gasteiger partial charge in [-0.2, -0.15) is 0 Å². The fraction of sp³-hybridized carbons (Fsp3) is 0.222. The van der Waals surface area contributed by atoms with Gasteiger partial charge in [0.25, 0.3) is 5.56 Å². The summed E-state index contributed by atoms with van der Waals surface area (Å²) in [5.41, 5.74) is 1.33. The molecule has 2 aromatic carbocycles. The Balaban J connectivity index is 2.33. The lowest BCUT2D eigenvalue weighted by Crippen LogP contribution is -2.32. The molecule has 0 radical (unpaired) electrons. The summed E-state index contributed by atoms with van der Waals surface area (Å²) in [5.74, 6) is 0. The van der Waals surface area contributed by atoms with Gasteiger partial charge in [0, 0.05) is 11.6 Å². The molecule has 5 heteroatoms. The van der Waals surface area contributed by atoms with Gasteiger partial charge in [-0.05, 0) is 36.8 Å². The van der Waals surface area contributed by atoms with Crippen LogP contribution in [0.1, 0.15) is 19.8 Å². The minimum atomic E-state index is -0.185. The van der Waals surface area contributed by atoms with Crippen molar-refractivity contribution in [2.45, 2.75) is 19.8 Å². The Hall–Kier alpha value is -2.33. The highest BCUT2D eigenvalue weighted by molar-refractivity contribution is 6.31. The Bertz CT molecular complexity index is 943. The van der Waals surface area contributed by atoms with Gasteiger partial charge in [-0.15, -0.1) is 0 Å². The van der Waals surface area contributed by atoms with Crippen LogP contribution in [-0.2, 0) is 0 Å². The Labute approximate surface area is 138 Å². The van der Waals surface area contributed by atoms with Crippen molar-refractivity contribution >= 4 is 22.6 Å². The van der Waals surface area contributed by atoms with Gasteiger partial charge in [0.15, 0.2) is 0 Å². The molecule has 118 valence electrons. The topological polar surface area (TPSA) is 47.5 Å². The molecule has 0 atom stereocenters. The average Bonchev–Trinajstić information content (AvgIpc) is 2.57. The maximum atomic E-state index is 12.9. The first-order valence-corrected chi connectivity index (χ1v) is 8.00. The molecule has 0 aliphatic rings. The van der Waals surface area contributed by atoms with Crippen molar-refractivity contribution in [2.75, 3.05) is 6.54 Å². The molecule has 3 aromatic rings. The minimum Gasteiger partial charge on any atom is -0.425 e. The quantitative estimate of drug-likeness (QED) is 0.681. The summed E-state index contributed by atoms with van der Waals surface area (Å²) >= 11 is 6.02. The van der Waals surface area contributed by atoms with Crippen molar-refractivity contribution in [3.8, 4) is 5.69 Å². The van der Waals surface area contributed by atoms with E-state index in [1.54, 1.807) is 18.2 Å². The van der Waals surface area contributed by atoms with E-state index in [1.165, 1.54) is 4.57 Å². The van der Waals surface area contributed by atoms with Gasteiger partial charge < -0.3 is 4.42 Å². The number of hydrogen-bond donors (Lipinski definition) is 0. The molecule has 1 heterocycles. The third-order valence-corrected chi connectivity index (χ3v) is 3.78. The third-order valence-electron chi connectivity index (χ3n) is 3.54. The molecule has 0 aliphatic carbocycles. The molecular weight excluding hydrogens is 312 g/mol. The van der Waals surface area contributed by atoms with Crippen LogP contribution in [0.25, 0.3) is 16.7 Å². The van der Waals surface area contributed by atoms with Crippen molar-refractivity contribution < 1.29 is 4.42 Å². The first kappa shape index (κ1) is 15.6. The molecule has 1 aromatic heterocycles. The van der Waals surface area contributed by atoms with Gasteiger partial charge in [-0.25, -0.2) is 9.56 Å². The summed E-state index contributed by atoms with van der Waals surface area (Å²) in [6.07, 6.45) is 1.97. The molecular formula is C18H17ClN2O2. The van der Waals surface area contributed by atoms with E-state index in [0.717, 1.165) is 18.5 Å². The lowest BCUT2D eigenvalue weighted by atomic mass is 10.2. The Morgan fingerprint density at radius 3 is 2.70 bits per heavy atom. The van der Waals surface area contributed by atoms with Crippen LogP contribution in [0.4, 0.5) is 0 Å². The van der Waals surface area contributed by atoms with E-state index in [-0.39, 0.29) is 5.56 Å². The molecule has 0 fully saturated rings. The SMILES string of the molecule is CCCCN=c1oc2ccc(Cl)cc2c(=O)n1-c1ccccc1. The lowest BCUT2D eigenvalue weighted by molar-refractivity contribution is 0.475. The van der Waals surface area contributed by atoms with Gasteiger partial charge in [0.2, 0.25) is 0 Å². The standard InChI is InChI=1S/C18H17ClN2O2/c1-2-3-11-20-18-21(14-7-5-4-6-8-14)17(22)15-12-13(19)9-10-16(15)23-18/h4-10,12H,2-3,11H2,1H3. The third kappa shape index (κ3) is 3.22. The van der Waals surface area contributed by atoms with E-state index in [9.17, 15) is 4.79 Å². The van der Waals surface area contributed by atoms with Crippen molar-refractivity contribution in [2.24, 2.45) is 4.99 Å². The van der Waals surface area contributed by atoms with Crippen molar-refractivity contribution in [3.63, 3.8) is 0 Å². The summed E-state index contributed by atoms with van der Waals surface area (Å²) in [4.78, 5) is 17.4. The maximum absolute atomic E-state index is 12.9. The van der Waals surface area contributed by atoms with E-state index in [1.807, 2.05) is 30.3 Å². The Morgan fingerprint density at radius 2 is 1.96 bits per heavy atom. The van der Waals surface area contributed by atoms with Crippen LogP contribution >= 0.6 is 11.6 Å². The number of nitrogens with zero attached hydrogens (tertiary/aromatic N) is 2. The van der Waals surface area contributed by atoms with Crippen LogP contribution in [0.3, 0.4) is 0 Å². The van der Waals surface area contributed by atoms with E-state index in [2.05, 4.69) is 11.9 Å². The Kier molecular flexibility index (Phi) is 4.63. The number of hydrogen-bond acceptors (Lipinski definition) is 3. The fourth-order valence-corrected chi connectivity index (χ4v) is 2.52. The number of para-hydroxylation sites is 1. The monoisotopic (exact) mass is 328 g/mol. The van der Waals surface area contributed by atoms with Gasteiger partial charge in [0.1, 0.15) is 5.58 Å². The van der Waals surface area contributed by atoms with Gasteiger partial charge in [0.05, 0.1) is 11.1 Å². The fourth-order valence-electron chi connectivity index (χ4n) is 2.35. The summed E-state index contributed by atoms with van der Waals surface area (Å²) in [5, 5.41) is 0.941. The van der Waals surface area contributed by atoms with Gasteiger partial charge in [-0.3, -0.25) is 4.79 Å². The largest absolute Gasteiger partial charge is 0.425 e. The normalized spacial score (nSPS) is 12.0. The molecule has 0 unspecified atom stereocenters. The zero-order valence-corrected chi connectivity index (χ0v) is 13.6. The van der Waals surface area contributed by atoms with Crippen LogP contribution in [0, 0.1) is 0 Å². The number of unbranched alkanes of at least 4 members (excludes halogenated alkanes) is 1. The molecule has 0 spiro atoms. The van der Waals surface area contributed by atoms with Gasteiger partial charge in [-0.1, -0.05) is 43.1 Å². The zero-order valence-electron chi connectivity index (χ0n) is 12.8. The number of rotatable bonds is 4. The summed E-state index contributed by atoms with van der Waals surface area (Å²) in [7, 11) is 0. The summed E-state index contributed by atoms with van der Waals surface area (Å²) in [6.45, 7) is 2.71. The van der Waals surface area contributed by atoms with Crippen LogP contribution in [-0.4, -0.2) is 11.1 Å². The van der Waals surface area contributed by atoms with E-state index in [4.69, 9.17) is 16.0 Å². The maximum Gasteiger partial charge on any atom is 0.304 e. The molecule has 0 amide bonds. The second kappa shape index (κ2) is 6.84. The molecule has 0 saturated carbocycles. The molecule has 3 rings (SSSR count). The smallest absolute Gasteiger partial charge is 0.304 e. The number of aromatic nitrogens is 1. The van der Waals surface area contributed by atoms with Crippen molar-refractivity contribution in [1.29, 1.82) is 0 Å². The van der Waals surface area contributed by atoms with Crippen LogP contribution in [0.15, 0.2) is 62.7 Å². The van der Waals surface area contributed by atoms with Crippen LogP contribution in [0.5, 0.6) is 0 Å². The second-order valence-corrected chi connectivity index (χ2v) is 5.67. The second-order valence-electron chi connectivity index (χ2n) is 5.24. The Morgan fingerprint density at radius 1 is 1.17 bits per heavy atom. The van der Waals surface area contributed by atoms with E-state index < -0.39 is 0 Å². The molecule has 23 heavy (non-hydrogen) atoms. The van der Waals surface area contributed by atoms with Gasteiger partial charge >= 0.3 is 5.68 Å². The number of halogens is 1. The first-order valence-electron chi connectivity index (χ1n) is 7.62. The average molecular weight is 329 g/mol. The minimum absolute atomic E-state index is 0.185. The predicted octanol–water partition coefficient (Wildman–Crippen LogP) is 3.94. The number of benzene rings is 2. The highest BCUT2D eigenvalue weighted by Crippen LogP contribution is 2.15. The van der Waals surface area contributed by atoms with Crippen LogP contribution < -0.4 is 11.2 Å². The molecule has 0 saturated heterocycles. The summed E-state index contributed by atoms with van der Waals surface area (Å²) in [6, 6.07) is 14.4. The van der Waals surface area contributed by atoms with E-state index in [0.29, 0.717) is 28.2 Å². The lowest BCUT2D eigenvalue weighted by Gasteiger charge is -2.08. The molecule has 0 bridgehead atoms. The van der Waals surface area contributed by atoms with Crippen molar-refractivity contribution in [1.82, 2.24) is 4.57 Å². The molecule has 0 N–H and O–H groups in total. The summed E-state index contributed by atoms with van der Waals surface area (Å²) < 4.78 is 7.36. The molecule has 0 aliphatic heterocycles. The molecule has 4 nitrogen and oxygen atoms in total.